The zero-order chi connectivity index (χ0) is 13.9. The van der Waals surface area contributed by atoms with Crippen molar-refractivity contribution in [3.05, 3.63) is 29.8 Å². The highest BCUT2D eigenvalue weighted by molar-refractivity contribution is 8.06. The molecule has 2 heterocycles. The Morgan fingerprint density at radius 2 is 2.20 bits per heavy atom. The van der Waals surface area contributed by atoms with Crippen molar-refractivity contribution < 1.29 is 4.79 Å². The molecule has 0 bridgehead atoms. The Balaban J connectivity index is 1.70. The Kier molecular flexibility index (Phi) is 4.58. The largest absolute Gasteiger partial charge is 0.315 e. The Hall–Kier alpha value is -0.650. The molecular weight excluding hydrogens is 288 g/mol. The van der Waals surface area contributed by atoms with Crippen LogP contribution in [0, 0.1) is 0 Å². The normalized spacial score (nSPS) is 26.4. The van der Waals surface area contributed by atoms with Crippen LogP contribution in [-0.2, 0) is 4.79 Å². The third-order valence-electron chi connectivity index (χ3n) is 3.90. The molecule has 0 saturated carbocycles. The van der Waals surface area contributed by atoms with Crippen LogP contribution in [-0.4, -0.2) is 42.0 Å². The van der Waals surface area contributed by atoms with Crippen molar-refractivity contribution in [1.82, 2.24) is 5.32 Å². The van der Waals surface area contributed by atoms with Crippen LogP contribution in [0.4, 0.5) is 5.69 Å². The molecular formula is C15H20N2OS2. The molecule has 1 saturated heterocycles. The Morgan fingerprint density at radius 1 is 1.35 bits per heavy atom. The van der Waals surface area contributed by atoms with Gasteiger partial charge in [0.2, 0.25) is 5.91 Å². The van der Waals surface area contributed by atoms with Crippen molar-refractivity contribution in [3.63, 3.8) is 0 Å². The molecule has 5 heteroatoms. The number of hydrogen-bond donors (Lipinski definition) is 1. The first-order valence-corrected chi connectivity index (χ1v) is 9.24. The van der Waals surface area contributed by atoms with Crippen molar-refractivity contribution in [2.24, 2.45) is 0 Å². The average molecular weight is 308 g/mol. The quantitative estimate of drug-likeness (QED) is 0.930. The van der Waals surface area contributed by atoms with E-state index < -0.39 is 0 Å². The van der Waals surface area contributed by atoms with Crippen molar-refractivity contribution in [2.75, 3.05) is 35.8 Å². The van der Waals surface area contributed by atoms with Crippen LogP contribution in [0.1, 0.15) is 18.0 Å². The van der Waals surface area contributed by atoms with Crippen LogP contribution in [0.5, 0.6) is 0 Å². The number of fused-ring (bicyclic) bond motifs is 1. The lowest BCUT2D eigenvalue weighted by Gasteiger charge is -2.33. The highest BCUT2D eigenvalue weighted by Gasteiger charge is 2.29. The summed E-state index contributed by atoms with van der Waals surface area (Å²) in [5.41, 5.74) is 2.30. The van der Waals surface area contributed by atoms with E-state index in [4.69, 9.17) is 0 Å². The summed E-state index contributed by atoms with van der Waals surface area (Å²) in [6.45, 7) is 0.994. The van der Waals surface area contributed by atoms with Crippen LogP contribution in [0.25, 0.3) is 0 Å². The second-order valence-corrected chi connectivity index (χ2v) is 7.80. The van der Waals surface area contributed by atoms with E-state index in [9.17, 15) is 4.79 Å². The second-order valence-electron chi connectivity index (χ2n) is 5.24. The van der Waals surface area contributed by atoms with Gasteiger partial charge in [-0.3, -0.25) is 4.79 Å². The van der Waals surface area contributed by atoms with Crippen molar-refractivity contribution in [3.8, 4) is 0 Å². The topological polar surface area (TPSA) is 32.3 Å². The summed E-state index contributed by atoms with van der Waals surface area (Å²) in [6, 6.07) is 8.40. The van der Waals surface area contributed by atoms with Crippen LogP contribution in [0.2, 0.25) is 0 Å². The molecule has 0 aliphatic carbocycles. The molecule has 2 unspecified atom stereocenters. The van der Waals surface area contributed by atoms with E-state index in [1.807, 2.05) is 30.9 Å². The van der Waals surface area contributed by atoms with E-state index in [2.05, 4.69) is 29.2 Å². The molecule has 0 radical (unpaired) electrons. The third-order valence-corrected chi connectivity index (χ3v) is 6.75. The predicted octanol–water partition coefficient (Wildman–Crippen LogP) is 2.53. The van der Waals surface area contributed by atoms with Crippen LogP contribution >= 0.6 is 23.5 Å². The molecule has 1 aromatic rings. The molecule has 2 aliphatic heterocycles. The number of carbonyl (C=O) groups excluding carboxylic acids is 1. The molecule has 2 aliphatic rings. The van der Waals surface area contributed by atoms with E-state index in [0.29, 0.717) is 11.7 Å². The SMILES string of the molecule is CN1C(=O)CC(NCC2CSCCS2)c2ccccc21. The van der Waals surface area contributed by atoms with Crippen LogP contribution < -0.4 is 10.2 Å². The lowest BCUT2D eigenvalue weighted by molar-refractivity contribution is -0.119. The van der Waals surface area contributed by atoms with Crippen molar-refractivity contribution in [2.45, 2.75) is 17.7 Å². The zero-order valence-electron chi connectivity index (χ0n) is 11.7. The third kappa shape index (κ3) is 3.00. The first-order valence-electron chi connectivity index (χ1n) is 7.04. The number of para-hydroxylation sites is 1. The fourth-order valence-corrected chi connectivity index (χ4v) is 5.38. The number of amides is 1. The molecule has 108 valence electrons. The number of anilines is 1. The van der Waals surface area contributed by atoms with Crippen molar-refractivity contribution >= 4 is 35.1 Å². The van der Waals surface area contributed by atoms with Gasteiger partial charge in [0.15, 0.2) is 0 Å². The Morgan fingerprint density at radius 3 is 3.00 bits per heavy atom. The molecule has 1 aromatic carbocycles. The van der Waals surface area contributed by atoms with Gasteiger partial charge in [0, 0.05) is 54.3 Å². The summed E-state index contributed by atoms with van der Waals surface area (Å²) in [4.78, 5) is 13.9. The number of carbonyl (C=O) groups is 1. The summed E-state index contributed by atoms with van der Waals surface area (Å²) >= 11 is 4.10. The van der Waals surface area contributed by atoms with Gasteiger partial charge >= 0.3 is 0 Å². The number of benzene rings is 1. The van der Waals surface area contributed by atoms with Gasteiger partial charge in [-0.25, -0.2) is 0 Å². The maximum Gasteiger partial charge on any atom is 0.228 e. The average Bonchev–Trinajstić information content (AvgIpc) is 2.50. The first kappa shape index (κ1) is 14.3. The standard InChI is InChI=1S/C15H20N2OS2/c1-17-14-5-3-2-4-12(14)13(8-15(17)18)16-9-11-10-19-6-7-20-11/h2-5,11,13,16H,6-10H2,1H3. The zero-order valence-corrected chi connectivity index (χ0v) is 13.3. The summed E-state index contributed by atoms with van der Waals surface area (Å²) < 4.78 is 0. The van der Waals surface area contributed by atoms with Gasteiger partial charge in [0.25, 0.3) is 0 Å². The highest BCUT2D eigenvalue weighted by Crippen LogP contribution is 2.33. The number of thioether (sulfide) groups is 2. The van der Waals surface area contributed by atoms with E-state index in [0.717, 1.165) is 12.2 Å². The molecule has 1 N–H and O–H groups in total. The molecule has 3 nitrogen and oxygen atoms in total. The van der Waals surface area contributed by atoms with E-state index in [1.165, 1.54) is 22.8 Å². The lowest BCUT2D eigenvalue weighted by atomic mass is 9.96. The summed E-state index contributed by atoms with van der Waals surface area (Å²) in [6.07, 6.45) is 0.568. The lowest BCUT2D eigenvalue weighted by Crippen LogP contribution is -2.40. The summed E-state index contributed by atoms with van der Waals surface area (Å²) in [5.74, 6) is 3.95. The Bertz CT molecular complexity index is 489. The van der Waals surface area contributed by atoms with Crippen LogP contribution in [0.3, 0.4) is 0 Å². The minimum atomic E-state index is 0.169. The van der Waals surface area contributed by atoms with E-state index >= 15 is 0 Å². The maximum absolute atomic E-state index is 12.1. The number of hydrogen-bond acceptors (Lipinski definition) is 4. The van der Waals surface area contributed by atoms with Crippen molar-refractivity contribution in [1.29, 1.82) is 0 Å². The predicted molar refractivity (Wildman–Crippen MR) is 88.8 cm³/mol. The summed E-state index contributed by atoms with van der Waals surface area (Å²) in [7, 11) is 1.87. The van der Waals surface area contributed by atoms with E-state index in [-0.39, 0.29) is 11.9 Å². The number of nitrogens with one attached hydrogen (secondary N) is 1. The number of nitrogens with zero attached hydrogens (tertiary/aromatic N) is 1. The van der Waals surface area contributed by atoms with Gasteiger partial charge in [0.1, 0.15) is 0 Å². The first-order chi connectivity index (χ1) is 9.75. The molecule has 1 fully saturated rings. The fraction of sp³-hybridized carbons (Fsp3) is 0.533. The Labute approximate surface area is 128 Å². The van der Waals surface area contributed by atoms with Gasteiger partial charge in [0.05, 0.1) is 0 Å². The minimum Gasteiger partial charge on any atom is -0.315 e. The molecule has 2 atom stereocenters. The molecule has 3 rings (SSSR count). The fourth-order valence-electron chi connectivity index (χ4n) is 2.75. The van der Waals surface area contributed by atoms with E-state index in [1.54, 1.807) is 4.90 Å². The molecule has 20 heavy (non-hydrogen) atoms. The smallest absolute Gasteiger partial charge is 0.228 e. The van der Waals surface area contributed by atoms with Gasteiger partial charge in [-0.15, -0.1) is 0 Å². The van der Waals surface area contributed by atoms with Gasteiger partial charge in [-0.2, -0.15) is 23.5 Å². The monoisotopic (exact) mass is 308 g/mol. The summed E-state index contributed by atoms with van der Waals surface area (Å²) in [5, 5.41) is 4.29. The van der Waals surface area contributed by atoms with Gasteiger partial charge in [-0.05, 0) is 11.6 Å². The minimum absolute atomic E-state index is 0.169. The van der Waals surface area contributed by atoms with Gasteiger partial charge < -0.3 is 10.2 Å². The van der Waals surface area contributed by atoms with Gasteiger partial charge in [-0.1, -0.05) is 18.2 Å². The molecule has 0 spiro atoms. The second kappa shape index (κ2) is 6.41. The van der Waals surface area contributed by atoms with Crippen LogP contribution in [0.15, 0.2) is 24.3 Å². The number of rotatable bonds is 3. The maximum atomic E-state index is 12.1. The molecule has 1 amide bonds. The highest BCUT2D eigenvalue weighted by atomic mass is 32.2. The molecule has 0 aromatic heterocycles.